The molecule has 0 aliphatic carbocycles. The minimum atomic E-state index is -1.54. The van der Waals surface area contributed by atoms with E-state index in [-0.39, 0.29) is 12.7 Å². The predicted octanol–water partition coefficient (Wildman–Crippen LogP) is 3.56. The molecule has 8 nitrogen and oxygen atoms in total. The summed E-state index contributed by atoms with van der Waals surface area (Å²) < 4.78 is 27.9. The summed E-state index contributed by atoms with van der Waals surface area (Å²) in [7, 11) is -1.54. The Morgan fingerprint density at radius 1 is 1.00 bits per heavy atom. The zero-order chi connectivity index (χ0) is 25.3. The van der Waals surface area contributed by atoms with Gasteiger partial charge in [0, 0.05) is 27.2 Å². The molecule has 0 saturated carbocycles. The van der Waals surface area contributed by atoms with Crippen LogP contribution in [-0.4, -0.2) is 67.2 Å². The van der Waals surface area contributed by atoms with E-state index in [1.807, 2.05) is 19.9 Å². The summed E-state index contributed by atoms with van der Waals surface area (Å²) in [6, 6.07) is 0. The van der Waals surface area contributed by atoms with Gasteiger partial charge in [0.05, 0.1) is 6.10 Å². The first kappa shape index (κ1) is 29.6. The molecule has 0 N–H and O–H groups in total. The predicted molar refractivity (Wildman–Crippen MR) is 134 cm³/mol. The van der Waals surface area contributed by atoms with Gasteiger partial charge in [-0.1, -0.05) is 53.9 Å². The molecule has 186 valence electrons. The Labute approximate surface area is 211 Å². The number of rotatable bonds is 8. The lowest BCUT2D eigenvalue weighted by molar-refractivity contribution is -0.265. The van der Waals surface area contributed by atoms with Gasteiger partial charge in [-0.05, 0) is 13.8 Å². The first-order valence-corrected chi connectivity index (χ1v) is 15.5. The molecule has 1 fully saturated rings. The fraction of sp³-hybridized carbons (Fsp3) is 0.696. The van der Waals surface area contributed by atoms with Crippen molar-refractivity contribution in [1.29, 1.82) is 0 Å². The number of hydrogen-bond donors (Lipinski definition) is 0. The number of alkyl halides is 1. The van der Waals surface area contributed by atoms with Crippen LogP contribution >= 0.6 is 22.6 Å². The highest BCUT2D eigenvalue weighted by atomic mass is 127. The summed E-state index contributed by atoms with van der Waals surface area (Å²) in [6.45, 7) is 14.0. The Balaban J connectivity index is 3.23. The third kappa shape index (κ3) is 11.5. The van der Waals surface area contributed by atoms with Gasteiger partial charge in [-0.25, -0.2) is 0 Å². The second kappa shape index (κ2) is 13.5. The van der Waals surface area contributed by atoms with E-state index in [9.17, 15) is 14.4 Å². The molecule has 0 amide bonds. The van der Waals surface area contributed by atoms with E-state index in [0.717, 1.165) is 5.57 Å². The standard InChI is InChI=1S/C23H35IO8Si/c1-14(2)12-18(10-9-11-33(6,7)8)31-23-20(24)22(30-17(5)27)21(29-16(4)26)19(32-23)13-28-15(3)25/h12,18-23H,10,13H2,1-8H3/t18-,19+,20-,21+,22+,23-/m0/s1. The fourth-order valence-electron chi connectivity index (χ4n) is 3.08. The second-order valence-electron chi connectivity index (χ2n) is 9.11. The highest BCUT2D eigenvalue weighted by molar-refractivity contribution is 14.1. The molecule has 33 heavy (non-hydrogen) atoms. The number of halogens is 1. The number of allylic oxidation sites excluding steroid dienone is 1. The maximum absolute atomic E-state index is 11.8. The summed E-state index contributed by atoms with van der Waals surface area (Å²) in [5.41, 5.74) is 4.39. The van der Waals surface area contributed by atoms with Gasteiger partial charge in [-0.3, -0.25) is 14.4 Å². The minimum Gasteiger partial charge on any atom is -0.463 e. The highest BCUT2D eigenvalue weighted by Gasteiger charge is 2.50. The maximum atomic E-state index is 11.8. The lowest BCUT2D eigenvalue weighted by atomic mass is 10.0. The van der Waals surface area contributed by atoms with Crippen LogP contribution in [0.25, 0.3) is 0 Å². The van der Waals surface area contributed by atoms with Crippen molar-refractivity contribution in [3.63, 3.8) is 0 Å². The number of hydrogen-bond acceptors (Lipinski definition) is 8. The summed E-state index contributed by atoms with van der Waals surface area (Å²) in [5.74, 6) is 1.61. The Bertz CT molecular complexity index is 791. The van der Waals surface area contributed by atoms with Crippen LogP contribution in [0.15, 0.2) is 11.6 Å². The summed E-state index contributed by atoms with van der Waals surface area (Å²) in [5, 5.41) is 0. The van der Waals surface area contributed by atoms with Crippen molar-refractivity contribution in [2.75, 3.05) is 6.61 Å². The third-order valence-corrected chi connectivity index (χ3v) is 6.45. The molecular formula is C23H35IO8Si. The van der Waals surface area contributed by atoms with Gasteiger partial charge in [0.2, 0.25) is 0 Å². The second-order valence-corrected chi connectivity index (χ2v) is 15.3. The van der Waals surface area contributed by atoms with E-state index in [1.54, 1.807) is 0 Å². The molecule has 0 aromatic rings. The third-order valence-electron chi connectivity index (χ3n) is 4.22. The van der Waals surface area contributed by atoms with Crippen LogP contribution in [-0.2, 0) is 38.1 Å². The summed E-state index contributed by atoms with van der Waals surface area (Å²) in [4.78, 5) is 34.9. The van der Waals surface area contributed by atoms with E-state index in [4.69, 9.17) is 23.7 Å². The average molecular weight is 595 g/mol. The topological polar surface area (TPSA) is 97.4 Å². The molecule has 1 rings (SSSR count). The molecule has 0 bridgehead atoms. The van der Waals surface area contributed by atoms with Gasteiger partial charge >= 0.3 is 17.9 Å². The van der Waals surface area contributed by atoms with Crippen molar-refractivity contribution in [1.82, 2.24) is 0 Å². The van der Waals surface area contributed by atoms with Crippen molar-refractivity contribution < 1.29 is 38.1 Å². The molecule has 0 unspecified atom stereocenters. The van der Waals surface area contributed by atoms with Crippen LogP contribution in [0.4, 0.5) is 0 Å². The molecule has 0 radical (unpaired) electrons. The monoisotopic (exact) mass is 594 g/mol. The van der Waals surface area contributed by atoms with E-state index >= 15 is 0 Å². The van der Waals surface area contributed by atoms with Crippen molar-refractivity contribution in [3.05, 3.63) is 11.6 Å². The number of esters is 3. The van der Waals surface area contributed by atoms with Crippen LogP contribution in [0.1, 0.15) is 41.0 Å². The first-order valence-electron chi connectivity index (χ1n) is 10.8. The molecule has 0 aromatic heterocycles. The molecule has 0 aromatic carbocycles. The quantitative estimate of drug-likeness (QED) is 0.0801. The summed E-state index contributed by atoms with van der Waals surface area (Å²) >= 11 is 2.07. The number of carbonyl (C=O) groups excluding carboxylic acids is 3. The lowest BCUT2D eigenvalue weighted by Crippen LogP contribution is -2.60. The van der Waals surface area contributed by atoms with Crippen molar-refractivity contribution in [3.8, 4) is 11.5 Å². The molecule has 0 spiro atoms. The van der Waals surface area contributed by atoms with Crippen LogP contribution in [0, 0.1) is 11.5 Å². The van der Waals surface area contributed by atoms with Gasteiger partial charge in [0.1, 0.15) is 24.7 Å². The van der Waals surface area contributed by atoms with Crippen molar-refractivity contribution in [2.24, 2.45) is 0 Å². The number of carbonyl (C=O) groups is 3. The molecule has 6 atom stereocenters. The van der Waals surface area contributed by atoms with Crippen LogP contribution in [0.2, 0.25) is 19.6 Å². The largest absolute Gasteiger partial charge is 0.463 e. The van der Waals surface area contributed by atoms with E-state index in [2.05, 4.69) is 53.7 Å². The van der Waals surface area contributed by atoms with Gasteiger partial charge < -0.3 is 23.7 Å². The Hall–Kier alpha value is -1.42. The van der Waals surface area contributed by atoms with Crippen LogP contribution in [0.5, 0.6) is 0 Å². The molecule has 1 aliphatic heterocycles. The van der Waals surface area contributed by atoms with Crippen LogP contribution in [0.3, 0.4) is 0 Å². The maximum Gasteiger partial charge on any atom is 0.303 e. The minimum absolute atomic E-state index is 0.184. The molecule has 1 heterocycles. The Kier molecular flexibility index (Phi) is 12.1. The van der Waals surface area contributed by atoms with Crippen molar-refractivity contribution in [2.45, 2.75) is 95.3 Å². The van der Waals surface area contributed by atoms with Gasteiger partial charge in [-0.2, -0.15) is 0 Å². The van der Waals surface area contributed by atoms with E-state index < -0.39 is 54.5 Å². The van der Waals surface area contributed by atoms with Gasteiger partial charge in [-0.15, -0.1) is 11.5 Å². The molecular weight excluding hydrogens is 559 g/mol. The number of ether oxygens (including phenoxy) is 5. The summed E-state index contributed by atoms with van der Waals surface area (Å²) in [6.07, 6.45) is -1.44. The molecule has 1 aliphatic rings. The lowest BCUT2D eigenvalue weighted by Gasteiger charge is -2.43. The van der Waals surface area contributed by atoms with Crippen LogP contribution < -0.4 is 0 Å². The van der Waals surface area contributed by atoms with Gasteiger partial charge in [0.15, 0.2) is 18.5 Å². The van der Waals surface area contributed by atoms with E-state index in [1.165, 1.54) is 20.8 Å². The highest BCUT2D eigenvalue weighted by Crippen LogP contribution is 2.33. The van der Waals surface area contributed by atoms with Gasteiger partial charge in [0.25, 0.3) is 0 Å². The SMILES string of the molecule is CC(=O)OC[C@H]1O[C@H](O[C@H](C=C(C)C)CC#C[Si](C)(C)C)[C@@H](I)[C@@H](OC(C)=O)[C@@H]1OC(C)=O. The fourth-order valence-corrected chi connectivity index (χ4v) is 4.61. The normalized spacial score (nSPS) is 25.7. The average Bonchev–Trinajstić information content (AvgIpc) is 2.63. The smallest absolute Gasteiger partial charge is 0.303 e. The zero-order valence-electron chi connectivity index (χ0n) is 20.6. The Morgan fingerprint density at radius 2 is 1.58 bits per heavy atom. The van der Waals surface area contributed by atoms with Crippen molar-refractivity contribution >= 4 is 48.6 Å². The molecule has 10 heteroatoms. The first-order chi connectivity index (χ1) is 15.2. The zero-order valence-corrected chi connectivity index (χ0v) is 23.8. The van der Waals surface area contributed by atoms with E-state index in [0.29, 0.717) is 6.42 Å². The Morgan fingerprint density at radius 3 is 2.06 bits per heavy atom. The molecule has 1 saturated heterocycles.